The number of hydrogen-bond donors (Lipinski definition) is 1. The summed E-state index contributed by atoms with van der Waals surface area (Å²) in [4.78, 5) is 0.949. The molecule has 0 aliphatic rings. The molecule has 0 bridgehead atoms. The van der Waals surface area contributed by atoms with Gasteiger partial charge in [0.15, 0.2) is 0 Å². The molecule has 0 amide bonds. The van der Waals surface area contributed by atoms with Crippen LogP contribution in [0.4, 0.5) is 4.39 Å². The third-order valence-electron chi connectivity index (χ3n) is 2.71. The van der Waals surface area contributed by atoms with Gasteiger partial charge < -0.3 is 5.73 Å². The summed E-state index contributed by atoms with van der Waals surface area (Å²) in [6.45, 7) is 1.95. The Morgan fingerprint density at radius 3 is 2.83 bits per heavy atom. The highest BCUT2D eigenvalue weighted by atomic mass is 79.9. The minimum Gasteiger partial charge on any atom is -0.323 e. The summed E-state index contributed by atoms with van der Waals surface area (Å²) in [6, 6.07) is 4.40. The zero-order valence-corrected chi connectivity index (χ0v) is 12.9. The first-order valence-corrected chi connectivity index (χ1v) is 7.47. The van der Waals surface area contributed by atoms with E-state index >= 15 is 0 Å². The zero-order chi connectivity index (χ0) is 13.3. The molecule has 2 aromatic rings. The second kappa shape index (κ2) is 5.70. The number of nitrogens with two attached hydrogens (primary N) is 1. The van der Waals surface area contributed by atoms with Crippen LogP contribution in [0.25, 0.3) is 0 Å². The highest BCUT2D eigenvalue weighted by molar-refractivity contribution is 9.10. The van der Waals surface area contributed by atoms with Gasteiger partial charge in [0, 0.05) is 15.4 Å². The van der Waals surface area contributed by atoms with Crippen LogP contribution in [0.15, 0.2) is 28.1 Å². The molecule has 0 aliphatic carbocycles. The van der Waals surface area contributed by atoms with Crippen LogP contribution < -0.4 is 5.73 Å². The second-order valence-corrected chi connectivity index (χ2v) is 6.29. The Labute approximate surface area is 123 Å². The minimum atomic E-state index is -0.256. The third-order valence-corrected chi connectivity index (χ3v) is 5.33. The van der Waals surface area contributed by atoms with Crippen molar-refractivity contribution in [3.05, 3.63) is 54.9 Å². The molecule has 0 saturated carbocycles. The molecule has 96 valence electrons. The fraction of sp³-hybridized carbons (Fsp3) is 0.231. The second-order valence-electron chi connectivity index (χ2n) is 4.14. The summed E-state index contributed by atoms with van der Waals surface area (Å²) in [5, 5.41) is 2.71. The van der Waals surface area contributed by atoms with Crippen LogP contribution in [-0.2, 0) is 6.42 Å². The largest absolute Gasteiger partial charge is 0.323 e. The number of benzene rings is 1. The Morgan fingerprint density at radius 1 is 1.50 bits per heavy atom. The van der Waals surface area contributed by atoms with E-state index in [0.717, 1.165) is 25.5 Å². The highest BCUT2D eigenvalue weighted by Gasteiger charge is 2.16. The molecular formula is C13H12BrClFNS. The molecule has 2 rings (SSSR count). The summed E-state index contributed by atoms with van der Waals surface area (Å²) in [6.07, 6.45) is 0.554. The lowest BCUT2D eigenvalue weighted by Crippen LogP contribution is -2.12. The molecule has 1 heterocycles. The van der Waals surface area contributed by atoms with Crippen LogP contribution in [0, 0.1) is 12.7 Å². The molecule has 18 heavy (non-hydrogen) atoms. The molecule has 0 saturated heterocycles. The summed E-state index contributed by atoms with van der Waals surface area (Å²) in [7, 11) is 0. The normalized spacial score (nSPS) is 12.7. The Bertz CT molecular complexity index is 570. The van der Waals surface area contributed by atoms with E-state index in [0.29, 0.717) is 6.42 Å². The predicted octanol–water partition coefficient (Wildman–Crippen LogP) is 4.85. The van der Waals surface area contributed by atoms with Crippen molar-refractivity contribution < 1.29 is 4.39 Å². The van der Waals surface area contributed by atoms with E-state index in [-0.39, 0.29) is 11.9 Å². The van der Waals surface area contributed by atoms with Crippen LogP contribution in [0.1, 0.15) is 22.0 Å². The third kappa shape index (κ3) is 2.94. The molecule has 1 aromatic carbocycles. The van der Waals surface area contributed by atoms with E-state index in [1.807, 2.05) is 12.3 Å². The fourth-order valence-electron chi connectivity index (χ4n) is 1.73. The number of halogens is 3. The SMILES string of the molecule is Cc1csc(C(N)Cc2cc(F)ccc2Br)c1Cl. The summed E-state index contributed by atoms with van der Waals surface area (Å²) >= 11 is 11.1. The average Bonchev–Trinajstić information content (AvgIpc) is 2.65. The van der Waals surface area contributed by atoms with E-state index in [1.54, 1.807) is 17.4 Å². The van der Waals surface area contributed by atoms with E-state index in [1.165, 1.54) is 12.1 Å². The first-order chi connectivity index (χ1) is 8.49. The first kappa shape index (κ1) is 14.0. The molecule has 0 radical (unpaired) electrons. The molecule has 0 fully saturated rings. The van der Waals surface area contributed by atoms with Crippen molar-refractivity contribution in [2.24, 2.45) is 5.73 Å². The Hall–Kier alpha value is -0.420. The highest BCUT2D eigenvalue weighted by Crippen LogP contribution is 2.33. The van der Waals surface area contributed by atoms with Gasteiger partial charge in [0.05, 0.1) is 5.02 Å². The van der Waals surface area contributed by atoms with Crippen molar-refractivity contribution >= 4 is 38.9 Å². The number of rotatable bonds is 3. The molecule has 1 aromatic heterocycles. The average molecular weight is 349 g/mol. The van der Waals surface area contributed by atoms with Crippen molar-refractivity contribution in [2.75, 3.05) is 0 Å². The topological polar surface area (TPSA) is 26.0 Å². The maximum atomic E-state index is 13.2. The first-order valence-electron chi connectivity index (χ1n) is 5.42. The van der Waals surface area contributed by atoms with Gasteiger partial charge in [-0.3, -0.25) is 0 Å². The van der Waals surface area contributed by atoms with Crippen LogP contribution in [0.2, 0.25) is 5.02 Å². The van der Waals surface area contributed by atoms with E-state index in [4.69, 9.17) is 17.3 Å². The fourth-order valence-corrected chi connectivity index (χ4v) is 3.47. The van der Waals surface area contributed by atoms with Crippen LogP contribution in [0.5, 0.6) is 0 Å². The molecular weight excluding hydrogens is 337 g/mol. The number of aryl methyl sites for hydroxylation is 1. The zero-order valence-electron chi connectivity index (χ0n) is 9.71. The van der Waals surface area contributed by atoms with Crippen molar-refractivity contribution in [3.63, 3.8) is 0 Å². The van der Waals surface area contributed by atoms with Gasteiger partial charge in [0.2, 0.25) is 0 Å². The lowest BCUT2D eigenvalue weighted by Gasteiger charge is -2.12. The van der Waals surface area contributed by atoms with Crippen LogP contribution >= 0.6 is 38.9 Å². The van der Waals surface area contributed by atoms with Crippen molar-refractivity contribution in [1.29, 1.82) is 0 Å². The van der Waals surface area contributed by atoms with Crippen LogP contribution in [0.3, 0.4) is 0 Å². The number of thiophene rings is 1. The van der Waals surface area contributed by atoms with Gasteiger partial charge in [-0.05, 0) is 48.1 Å². The van der Waals surface area contributed by atoms with Gasteiger partial charge in [-0.25, -0.2) is 4.39 Å². The van der Waals surface area contributed by atoms with Crippen molar-refractivity contribution in [3.8, 4) is 0 Å². The van der Waals surface area contributed by atoms with Gasteiger partial charge in [-0.1, -0.05) is 27.5 Å². The van der Waals surface area contributed by atoms with Gasteiger partial charge in [0.1, 0.15) is 5.82 Å². The van der Waals surface area contributed by atoms with E-state index in [2.05, 4.69) is 15.9 Å². The maximum absolute atomic E-state index is 13.2. The van der Waals surface area contributed by atoms with Crippen LogP contribution in [-0.4, -0.2) is 0 Å². The lowest BCUT2D eigenvalue weighted by atomic mass is 10.0. The molecule has 0 spiro atoms. The molecule has 1 nitrogen and oxygen atoms in total. The Balaban J connectivity index is 2.23. The van der Waals surface area contributed by atoms with E-state index < -0.39 is 0 Å². The van der Waals surface area contributed by atoms with Gasteiger partial charge >= 0.3 is 0 Å². The maximum Gasteiger partial charge on any atom is 0.123 e. The smallest absolute Gasteiger partial charge is 0.123 e. The quantitative estimate of drug-likeness (QED) is 0.842. The van der Waals surface area contributed by atoms with E-state index in [9.17, 15) is 4.39 Å². The van der Waals surface area contributed by atoms with Gasteiger partial charge in [-0.15, -0.1) is 11.3 Å². The molecule has 1 unspecified atom stereocenters. The standard InChI is InChI=1S/C13H12BrClFNS/c1-7-6-18-13(12(7)15)11(17)5-8-4-9(16)2-3-10(8)14/h2-4,6,11H,5,17H2,1H3. The molecule has 0 aliphatic heterocycles. The lowest BCUT2D eigenvalue weighted by molar-refractivity contribution is 0.622. The van der Waals surface area contributed by atoms with Crippen molar-refractivity contribution in [2.45, 2.75) is 19.4 Å². The van der Waals surface area contributed by atoms with Gasteiger partial charge in [-0.2, -0.15) is 0 Å². The van der Waals surface area contributed by atoms with Crippen molar-refractivity contribution in [1.82, 2.24) is 0 Å². The van der Waals surface area contributed by atoms with Gasteiger partial charge in [0.25, 0.3) is 0 Å². The molecule has 5 heteroatoms. The Kier molecular flexibility index (Phi) is 4.43. The predicted molar refractivity (Wildman–Crippen MR) is 78.8 cm³/mol. The summed E-state index contributed by atoms with van der Waals surface area (Å²) in [5.41, 5.74) is 8.03. The minimum absolute atomic E-state index is 0.214. The summed E-state index contributed by atoms with van der Waals surface area (Å²) in [5.74, 6) is -0.256. The monoisotopic (exact) mass is 347 g/mol. The Morgan fingerprint density at radius 2 is 2.22 bits per heavy atom. The number of hydrogen-bond acceptors (Lipinski definition) is 2. The summed E-state index contributed by atoms with van der Waals surface area (Å²) < 4.78 is 14.1. The molecule has 2 N–H and O–H groups in total. The molecule has 1 atom stereocenters.